The number of benzene rings is 1. The number of thiophene rings is 1. The summed E-state index contributed by atoms with van der Waals surface area (Å²) in [7, 11) is -2.43. The summed E-state index contributed by atoms with van der Waals surface area (Å²) in [5.41, 5.74) is -2.61. The summed E-state index contributed by atoms with van der Waals surface area (Å²) in [6.45, 7) is 5.20. The third-order valence-corrected chi connectivity index (χ3v) is 7.47. The maximum absolute atomic E-state index is 14.9. The summed E-state index contributed by atoms with van der Waals surface area (Å²) in [6, 6.07) is 2.87. The molecular formula is C15H16BrF2O4PS. The van der Waals surface area contributed by atoms with E-state index in [0.717, 1.165) is 11.3 Å². The third-order valence-electron chi connectivity index (χ3n) is 3.16. The molecule has 132 valence electrons. The first-order chi connectivity index (χ1) is 11.2. The molecule has 1 heterocycles. The highest BCUT2D eigenvalue weighted by molar-refractivity contribution is 9.10. The van der Waals surface area contributed by atoms with Crippen LogP contribution in [0.2, 0.25) is 0 Å². The van der Waals surface area contributed by atoms with E-state index in [1.807, 2.05) is 0 Å². The minimum Gasteiger partial charge on any atom is -0.478 e. The van der Waals surface area contributed by atoms with Gasteiger partial charge in [-0.25, -0.2) is 4.79 Å². The van der Waals surface area contributed by atoms with Crippen molar-refractivity contribution in [2.45, 2.75) is 26.4 Å². The van der Waals surface area contributed by atoms with Crippen molar-refractivity contribution in [2.24, 2.45) is 0 Å². The van der Waals surface area contributed by atoms with Crippen LogP contribution in [-0.4, -0.2) is 24.3 Å². The van der Waals surface area contributed by atoms with Crippen molar-refractivity contribution in [3.63, 3.8) is 0 Å². The second-order valence-electron chi connectivity index (χ2n) is 4.85. The fraction of sp³-hybridized carbons (Fsp3) is 0.400. The molecule has 0 aliphatic heterocycles. The van der Waals surface area contributed by atoms with Gasteiger partial charge in [0.15, 0.2) is 0 Å². The number of carboxylic acids is 1. The average molecular weight is 441 g/mol. The van der Waals surface area contributed by atoms with Crippen LogP contribution < -0.4 is 0 Å². The van der Waals surface area contributed by atoms with Crippen molar-refractivity contribution in [1.29, 1.82) is 0 Å². The summed E-state index contributed by atoms with van der Waals surface area (Å²) in [5.74, 6) is -1.10. The first-order valence-corrected chi connectivity index (χ1v) is 9.92. The quantitative estimate of drug-likeness (QED) is 0.528. The predicted molar refractivity (Wildman–Crippen MR) is 95.3 cm³/mol. The fourth-order valence-corrected chi connectivity index (χ4v) is 5.79. The van der Waals surface area contributed by atoms with Crippen molar-refractivity contribution in [3.8, 4) is 0 Å². The van der Waals surface area contributed by atoms with Gasteiger partial charge in [0.05, 0.1) is 23.7 Å². The van der Waals surface area contributed by atoms with Crippen LogP contribution in [0.4, 0.5) is 8.78 Å². The Morgan fingerprint density at radius 1 is 1.33 bits per heavy atom. The van der Waals surface area contributed by atoms with Crippen molar-refractivity contribution in [1.82, 2.24) is 0 Å². The van der Waals surface area contributed by atoms with Crippen LogP contribution in [0.1, 0.15) is 34.6 Å². The maximum Gasteiger partial charge on any atom is 0.349 e. The number of aromatic carboxylic acids is 1. The van der Waals surface area contributed by atoms with E-state index < -0.39 is 20.0 Å². The molecule has 0 bridgehead atoms. The van der Waals surface area contributed by atoms with E-state index in [2.05, 4.69) is 15.9 Å². The molecule has 0 saturated carbocycles. The van der Waals surface area contributed by atoms with Gasteiger partial charge in [0.2, 0.25) is 0 Å². The molecule has 1 aromatic heterocycles. The molecule has 0 amide bonds. The molecule has 0 aliphatic carbocycles. The molecular weight excluding hydrogens is 425 g/mol. The minimum atomic E-state index is -3.31. The molecule has 0 unspecified atom stereocenters. The maximum atomic E-state index is 14.9. The standard InChI is InChI=1S/C15H16BrF2O4PS/c1-4-21-23(22-5-2)15(17,18)13-11(16)10-7-9(14(19)20)6-8(3)12(10)24-13/h6-7H,4-5H2,1-3H3,(H,19,20). The second-order valence-corrected chi connectivity index (χ2v) is 8.26. The zero-order valence-corrected chi connectivity index (χ0v) is 16.5. The summed E-state index contributed by atoms with van der Waals surface area (Å²) in [6.07, 6.45) is 0. The molecule has 9 heteroatoms. The highest BCUT2D eigenvalue weighted by Gasteiger charge is 2.48. The van der Waals surface area contributed by atoms with E-state index in [-0.39, 0.29) is 28.1 Å². The molecule has 0 saturated heterocycles. The van der Waals surface area contributed by atoms with Gasteiger partial charge in [0.1, 0.15) is 0 Å². The molecule has 1 N–H and O–H groups in total. The number of alkyl halides is 2. The van der Waals surface area contributed by atoms with Gasteiger partial charge in [-0.15, -0.1) is 11.3 Å². The topological polar surface area (TPSA) is 55.8 Å². The highest BCUT2D eigenvalue weighted by Crippen LogP contribution is 2.63. The SMILES string of the molecule is CCOP(OCC)C(F)(F)c1sc2c(C)cc(C(=O)O)cc2c1Br. The Kier molecular flexibility index (Phi) is 6.31. The summed E-state index contributed by atoms with van der Waals surface area (Å²) < 4.78 is 40.9. The van der Waals surface area contributed by atoms with Crippen LogP contribution in [0.15, 0.2) is 16.6 Å². The fourth-order valence-electron chi connectivity index (χ4n) is 2.18. The Morgan fingerprint density at radius 3 is 2.42 bits per heavy atom. The van der Waals surface area contributed by atoms with Crippen LogP contribution in [0.3, 0.4) is 0 Å². The lowest BCUT2D eigenvalue weighted by Gasteiger charge is -2.24. The highest BCUT2D eigenvalue weighted by atomic mass is 79.9. The molecule has 0 spiro atoms. The minimum absolute atomic E-state index is 0.0604. The summed E-state index contributed by atoms with van der Waals surface area (Å²) >= 11 is 4.14. The monoisotopic (exact) mass is 440 g/mol. The molecule has 24 heavy (non-hydrogen) atoms. The van der Waals surface area contributed by atoms with Crippen LogP contribution in [-0.2, 0) is 14.7 Å². The molecule has 0 aliphatic rings. The van der Waals surface area contributed by atoms with Gasteiger partial charge in [-0.2, -0.15) is 8.78 Å². The zero-order chi connectivity index (χ0) is 18.1. The molecule has 2 rings (SSSR count). The lowest BCUT2D eigenvalue weighted by atomic mass is 10.1. The van der Waals surface area contributed by atoms with Crippen molar-refractivity contribution in [2.75, 3.05) is 13.2 Å². The largest absolute Gasteiger partial charge is 0.478 e. The van der Waals surface area contributed by atoms with E-state index in [9.17, 15) is 13.6 Å². The number of fused-ring (bicyclic) bond motifs is 1. The van der Waals surface area contributed by atoms with E-state index >= 15 is 0 Å². The lowest BCUT2D eigenvalue weighted by molar-refractivity contribution is 0.0600. The van der Waals surface area contributed by atoms with Crippen molar-refractivity contribution < 1.29 is 27.7 Å². The molecule has 4 nitrogen and oxygen atoms in total. The van der Waals surface area contributed by atoms with E-state index in [1.54, 1.807) is 20.8 Å². The normalized spacial score (nSPS) is 12.3. The Morgan fingerprint density at radius 2 is 1.92 bits per heavy atom. The summed E-state index contributed by atoms with van der Waals surface area (Å²) in [4.78, 5) is 11.0. The van der Waals surface area contributed by atoms with Crippen LogP contribution in [0, 0.1) is 6.92 Å². The number of hydrogen-bond donors (Lipinski definition) is 1. The van der Waals surface area contributed by atoms with Crippen molar-refractivity contribution in [3.05, 3.63) is 32.6 Å². The van der Waals surface area contributed by atoms with Gasteiger partial charge in [-0.3, -0.25) is 0 Å². The number of rotatable bonds is 7. The average Bonchev–Trinajstić information content (AvgIpc) is 2.85. The first-order valence-electron chi connectivity index (χ1n) is 7.14. The number of halogens is 3. The molecule has 0 fully saturated rings. The zero-order valence-electron chi connectivity index (χ0n) is 13.2. The number of carboxylic acid groups (broad SMARTS) is 1. The Hall–Kier alpha value is -0.660. The van der Waals surface area contributed by atoms with Gasteiger partial charge in [0.25, 0.3) is 8.38 Å². The molecule has 0 radical (unpaired) electrons. The Bertz CT molecular complexity index is 760. The lowest BCUT2D eigenvalue weighted by Crippen LogP contribution is -2.13. The van der Waals surface area contributed by atoms with Crippen LogP contribution in [0.5, 0.6) is 0 Å². The van der Waals surface area contributed by atoms with Gasteiger partial charge in [-0.05, 0) is 54.4 Å². The van der Waals surface area contributed by atoms with E-state index in [1.165, 1.54) is 12.1 Å². The van der Waals surface area contributed by atoms with Gasteiger partial charge in [0, 0.05) is 14.6 Å². The van der Waals surface area contributed by atoms with Gasteiger partial charge < -0.3 is 14.2 Å². The van der Waals surface area contributed by atoms with Gasteiger partial charge >= 0.3 is 11.6 Å². The summed E-state index contributed by atoms with van der Waals surface area (Å²) in [5, 5.41) is 9.61. The van der Waals surface area contributed by atoms with Crippen LogP contribution >= 0.6 is 35.6 Å². The Balaban J connectivity index is 2.61. The number of hydrogen-bond acceptors (Lipinski definition) is 4. The molecule has 1 aromatic carbocycles. The third kappa shape index (κ3) is 3.63. The second kappa shape index (κ2) is 7.70. The van der Waals surface area contributed by atoms with Crippen molar-refractivity contribution >= 4 is 51.7 Å². The molecule has 0 atom stereocenters. The number of aryl methyl sites for hydroxylation is 1. The molecule has 2 aromatic rings. The van der Waals surface area contributed by atoms with E-state index in [4.69, 9.17) is 14.2 Å². The van der Waals surface area contributed by atoms with Gasteiger partial charge in [-0.1, -0.05) is 0 Å². The van der Waals surface area contributed by atoms with Crippen LogP contribution in [0.25, 0.3) is 10.1 Å². The predicted octanol–water partition coefficient (Wildman–Crippen LogP) is 6.10. The first kappa shape index (κ1) is 19.7. The number of carbonyl (C=O) groups is 1. The Labute approximate surface area is 151 Å². The smallest absolute Gasteiger partial charge is 0.349 e. The van der Waals surface area contributed by atoms with E-state index in [0.29, 0.717) is 15.6 Å².